The van der Waals surface area contributed by atoms with Crippen LogP contribution in [0, 0.1) is 0 Å². The molecule has 0 saturated carbocycles. The molecular weight excluding hydrogens is 436 g/mol. The highest BCUT2D eigenvalue weighted by Gasteiger charge is 2.18. The van der Waals surface area contributed by atoms with E-state index in [-0.39, 0.29) is 24.0 Å². The van der Waals surface area contributed by atoms with Crippen molar-refractivity contribution in [3.8, 4) is 5.75 Å². The number of rotatable bonds is 4. The molecule has 1 aromatic carbocycles. The van der Waals surface area contributed by atoms with E-state index in [1.54, 1.807) is 0 Å². The molecule has 162 valence electrons. The van der Waals surface area contributed by atoms with Crippen molar-refractivity contribution in [2.75, 3.05) is 19.0 Å². The van der Waals surface area contributed by atoms with Gasteiger partial charge in [0.1, 0.15) is 5.75 Å². The number of aromatic carboxylic acids is 1. The zero-order valence-corrected chi connectivity index (χ0v) is 16.6. The number of fused-ring (bicyclic) bond motifs is 2. The Morgan fingerprint density at radius 1 is 1.32 bits per heavy atom. The fourth-order valence-electron chi connectivity index (χ4n) is 2.57. The lowest BCUT2D eigenvalue weighted by Gasteiger charge is -2.18. The van der Waals surface area contributed by atoms with Crippen LogP contribution in [0.1, 0.15) is 26.5 Å². The number of carboxylic acid groups (broad SMARTS) is 1. The minimum atomic E-state index is -1.34. The number of carbonyl (C=O) groups is 3. The molecule has 2 aromatic heterocycles. The number of carboxylic acids is 1. The van der Waals surface area contributed by atoms with Crippen molar-refractivity contribution in [1.29, 1.82) is 0 Å². The lowest BCUT2D eigenvalue weighted by Crippen LogP contribution is -2.25. The fourth-order valence-corrected chi connectivity index (χ4v) is 2.72. The Labute approximate surface area is 178 Å². The molecule has 0 aliphatic carbocycles. The first-order valence-corrected chi connectivity index (χ1v) is 8.90. The number of methoxy groups -OCH3 is 1. The minimum Gasteiger partial charge on any atom is -0.482 e. The molecule has 13 nitrogen and oxygen atoms in total. The number of amides is 1. The summed E-state index contributed by atoms with van der Waals surface area (Å²) in [6.45, 7) is 0.630. The van der Waals surface area contributed by atoms with Crippen molar-refractivity contribution in [1.82, 2.24) is 24.4 Å². The summed E-state index contributed by atoms with van der Waals surface area (Å²) >= 11 is 5.38. The van der Waals surface area contributed by atoms with Gasteiger partial charge in [0.15, 0.2) is 18.0 Å². The lowest BCUT2D eigenvalue weighted by atomic mass is 10.1. The number of hydrogen-bond acceptors (Lipinski definition) is 9. The summed E-state index contributed by atoms with van der Waals surface area (Å²) in [6.07, 6.45) is 0. The first-order valence-electron chi connectivity index (χ1n) is 8.53. The number of nitrogens with one attached hydrogen (secondary N) is 3. The van der Waals surface area contributed by atoms with Gasteiger partial charge in [-0.3, -0.25) is 4.79 Å². The van der Waals surface area contributed by atoms with Crippen molar-refractivity contribution in [2.45, 2.75) is 6.54 Å². The van der Waals surface area contributed by atoms with E-state index in [1.165, 1.54) is 0 Å². The third kappa shape index (κ3) is 4.96. The van der Waals surface area contributed by atoms with Gasteiger partial charge in [0.25, 0.3) is 11.7 Å². The van der Waals surface area contributed by atoms with Crippen LogP contribution in [0.15, 0.2) is 29.1 Å². The van der Waals surface area contributed by atoms with E-state index < -0.39 is 23.3 Å². The Balaban J connectivity index is 0.000000179. The number of halogens is 1. The van der Waals surface area contributed by atoms with Gasteiger partial charge >= 0.3 is 17.6 Å². The third-order valence-corrected chi connectivity index (χ3v) is 4.04. The van der Waals surface area contributed by atoms with E-state index in [2.05, 4.69) is 30.0 Å². The van der Waals surface area contributed by atoms with Gasteiger partial charge in [0.05, 0.1) is 12.8 Å². The second kappa shape index (κ2) is 9.23. The van der Waals surface area contributed by atoms with Crippen LogP contribution < -0.4 is 20.6 Å². The van der Waals surface area contributed by atoms with Crippen LogP contribution in [-0.4, -0.2) is 56.3 Å². The Hall–Kier alpha value is -3.97. The molecule has 0 fully saturated rings. The molecule has 0 unspecified atom stereocenters. The van der Waals surface area contributed by atoms with Gasteiger partial charge in [-0.1, -0.05) is 6.07 Å². The largest absolute Gasteiger partial charge is 0.482 e. The summed E-state index contributed by atoms with van der Waals surface area (Å²) in [5, 5.41) is 13.7. The van der Waals surface area contributed by atoms with E-state index in [0.29, 0.717) is 18.0 Å². The number of esters is 1. The van der Waals surface area contributed by atoms with Gasteiger partial charge in [-0.05, 0) is 29.5 Å². The van der Waals surface area contributed by atoms with Gasteiger partial charge < -0.3 is 19.9 Å². The van der Waals surface area contributed by atoms with E-state index in [1.807, 2.05) is 18.2 Å². The standard InChI is InChI=1S/C9H9ClN2O2.C8H6N4O5/c10-11-4-6-1-2-8-7(3-6)12-9(13)5-14-8;1-17-6(15)4-2-3(5(13)14)9-7-10-8(16)11-12(4)7/h1-3,11H,4-5H2,(H,12,13);2H,1H3,(H,11,16)(H,13,14). The number of H-pyrrole nitrogens is 1. The van der Waals surface area contributed by atoms with Crippen molar-refractivity contribution in [3.05, 3.63) is 51.7 Å². The first kappa shape index (κ1) is 21.7. The quantitative estimate of drug-likeness (QED) is 0.316. The van der Waals surface area contributed by atoms with Crippen LogP contribution >= 0.6 is 11.8 Å². The van der Waals surface area contributed by atoms with Gasteiger partial charge in [-0.15, -0.1) is 0 Å². The summed E-state index contributed by atoms with van der Waals surface area (Å²) in [5.41, 5.74) is 0.363. The van der Waals surface area contributed by atoms with Crippen LogP contribution in [0.2, 0.25) is 0 Å². The lowest BCUT2D eigenvalue weighted by molar-refractivity contribution is -0.118. The average Bonchev–Trinajstić information content (AvgIpc) is 3.13. The summed E-state index contributed by atoms with van der Waals surface area (Å²) in [6, 6.07) is 6.53. The maximum absolute atomic E-state index is 11.4. The Kier molecular flexibility index (Phi) is 6.47. The predicted molar refractivity (Wildman–Crippen MR) is 105 cm³/mol. The van der Waals surface area contributed by atoms with Crippen LogP contribution in [0.5, 0.6) is 5.75 Å². The van der Waals surface area contributed by atoms with E-state index in [9.17, 15) is 19.2 Å². The van der Waals surface area contributed by atoms with Crippen molar-refractivity contribution in [2.24, 2.45) is 0 Å². The molecule has 3 heterocycles. The van der Waals surface area contributed by atoms with Crippen molar-refractivity contribution in [3.63, 3.8) is 0 Å². The topological polar surface area (TPSA) is 177 Å². The Bertz CT molecular complexity index is 1220. The van der Waals surface area contributed by atoms with E-state index in [0.717, 1.165) is 23.3 Å². The van der Waals surface area contributed by atoms with Crippen molar-refractivity contribution >= 4 is 41.1 Å². The molecule has 0 saturated heterocycles. The molecular formula is C17H15ClN6O7. The number of aromatic amines is 1. The van der Waals surface area contributed by atoms with Gasteiger partial charge in [-0.25, -0.2) is 33.8 Å². The van der Waals surface area contributed by atoms with Crippen LogP contribution in [-0.2, 0) is 16.1 Å². The SMILES string of the molecule is COC(=O)c1cc(C(=O)O)nc2nc(=O)[nH]n12.O=C1COc2ccc(CNCl)cc2N1. The molecule has 3 aromatic rings. The zero-order chi connectivity index (χ0) is 22.5. The number of nitrogens with zero attached hydrogens (tertiary/aromatic N) is 3. The Morgan fingerprint density at radius 3 is 2.77 bits per heavy atom. The van der Waals surface area contributed by atoms with Gasteiger partial charge in [0, 0.05) is 12.6 Å². The molecule has 31 heavy (non-hydrogen) atoms. The normalized spacial score (nSPS) is 12.1. The summed E-state index contributed by atoms with van der Waals surface area (Å²) in [4.78, 5) is 53.7. The fraction of sp³-hybridized carbons (Fsp3) is 0.176. The monoisotopic (exact) mass is 450 g/mol. The smallest absolute Gasteiger partial charge is 0.363 e. The summed E-state index contributed by atoms with van der Waals surface area (Å²) in [7, 11) is 1.13. The van der Waals surface area contributed by atoms with Crippen LogP contribution in [0.25, 0.3) is 5.78 Å². The second-order valence-electron chi connectivity index (χ2n) is 5.97. The predicted octanol–water partition coefficient (Wildman–Crippen LogP) is 0.163. The third-order valence-electron chi connectivity index (χ3n) is 3.91. The number of carbonyl (C=O) groups excluding carboxylic acids is 2. The van der Waals surface area contributed by atoms with Crippen LogP contribution in [0.3, 0.4) is 0 Å². The average molecular weight is 451 g/mol. The van der Waals surface area contributed by atoms with Crippen LogP contribution in [0.4, 0.5) is 5.69 Å². The molecule has 4 N–H and O–H groups in total. The molecule has 1 aliphatic heterocycles. The number of benzene rings is 1. The molecule has 4 rings (SSSR count). The molecule has 0 radical (unpaired) electrons. The minimum absolute atomic E-state index is 0.0834. The highest BCUT2D eigenvalue weighted by Crippen LogP contribution is 2.28. The molecule has 0 bridgehead atoms. The molecule has 1 aliphatic rings. The zero-order valence-electron chi connectivity index (χ0n) is 15.8. The van der Waals surface area contributed by atoms with Crippen molar-refractivity contribution < 1.29 is 29.0 Å². The van der Waals surface area contributed by atoms with E-state index >= 15 is 0 Å². The number of ether oxygens (including phenoxy) is 2. The highest BCUT2D eigenvalue weighted by molar-refractivity contribution is 6.13. The molecule has 14 heteroatoms. The number of hydrogen-bond donors (Lipinski definition) is 4. The Morgan fingerprint density at radius 2 is 2.10 bits per heavy atom. The number of anilines is 1. The number of aromatic nitrogens is 4. The highest BCUT2D eigenvalue weighted by atomic mass is 35.5. The summed E-state index contributed by atoms with van der Waals surface area (Å²) in [5.74, 6) is -1.80. The maximum atomic E-state index is 11.4. The molecule has 0 atom stereocenters. The summed E-state index contributed by atoms with van der Waals surface area (Å²) < 4.78 is 10.6. The van der Waals surface area contributed by atoms with E-state index in [4.69, 9.17) is 21.6 Å². The first-order chi connectivity index (χ1) is 14.8. The van der Waals surface area contributed by atoms with Gasteiger partial charge in [-0.2, -0.15) is 4.98 Å². The molecule has 1 amide bonds. The van der Waals surface area contributed by atoms with Gasteiger partial charge in [0.2, 0.25) is 0 Å². The second-order valence-corrected chi connectivity index (χ2v) is 6.23. The molecule has 0 spiro atoms. The maximum Gasteiger partial charge on any atom is 0.363 e.